The summed E-state index contributed by atoms with van der Waals surface area (Å²) in [6, 6.07) is 14.3. The van der Waals surface area contributed by atoms with E-state index in [4.69, 9.17) is 16.3 Å². The first-order valence-electron chi connectivity index (χ1n) is 7.48. The van der Waals surface area contributed by atoms with E-state index in [0.29, 0.717) is 12.6 Å². The van der Waals surface area contributed by atoms with Crippen LogP contribution in [-0.2, 0) is 13.2 Å². The topological polar surface area (TPSA) is 21.3 Å². The number of halogens is 3. The minimum atomic E-state index is 0. The zero-order valence-electron chi connectivity index (χ0n) is 13.3. The van der Waals surface area contributed by atoms with Crippen molar-refractivity contribution in [2.45, 2.75) is 39.5 Å². The maximum absolute atomic E-state index is 6.18. The molecule has 1 unspecified atom stereocenters. The van der Waals surface area contributed by atoms with Gasteiger partial charge in [-0.3, -0.25) is 0 Å². The molecule has 0 aromatic heterocycles. The lowest BCUT2D eigenvalue weighted by Crippen LogP contribution is -2.24. The number of hydrogen-bond acceptors (Lipinski definition) is 2. The molecule has 0 saturated carbocycles. The van der Waals surface area contributed by atoms with E-state index in [2.05, 4.69) is 41.2 Å². The summed E-state index contributed by atoms with van der Waals surface area (Å²) in [4.78, 5) is 0. The molecule has 0 saturated heterocycles. The van der Waals surface area contributed by atoms with Crippen molar-refractivity contribution in [3.63, 3.8) is 0 Å². The van der Waals surface area contributed by atoms with Gasteiger partial charge in [0.05, 0.1) is 0 Å². The summed E-state index contributed by atoms with van der Waals surface area (Å²) in [7, 11) is 0. The lowest BCUT2D eigenvalue weighted by Gasteiger charge is -2.16. The van der Waals surface area contributed by atoms with Gasteiger partial charge in [0.1, 0.15) is 12.4 Å². The van der Waals surface area contributed by atoms with Crippen molar-refractivity contribution in [1.29, 1.82) is 0 Å². The van der Waals surface area contributed by atoms with Crippen LogP contribution in [0.5, 0.6) is 5.75 Å². The lowest BCUT2D eigenvalue weighted by molar-refractivity contribution is 0.301. The molecule has 126 valence electrons. The van der Waals surface area contributed by atoms with Gasteiger partial charge in [0, 0.05) is 33.2 Å². The third-order valence-electron chi connectivity index (χ3n) is 3.62. The SMILES string of the molecule is CCC(C)NCc1cc(Br)ccc1OCc1ccccc1Cl.Cl. The van der Waals surface area contributed by atoms with Crippen LogP contribution >= 0.6 is 39.9 Å². The Hall–Kier alpha value is -0.740. The molecule has 5 heteroatoms. The Morgan fingerprint density at radius 1 is 1.17 bits per heavy atom. The summed E-state index contributed by atoms with van der Waals surface area (Å²) in [5.41, 5.74) is 2.13. The summed E-state index contributed by atoms with van der Waals surface area (Å²) >= 11 is 9.70. The fraction of sp³-hybridized carbons (Fsp3) is 0.333. The highest BCUT2D eigenvalue weighted by atomic mass is 79.9. The van der Waals surface area contributed by atoms with Crippen LogP contribution in [0, 0.1) is 0 Å². The molecule has 0 spiro atoms. The molecule has 2 nitrogen and oxygen atoms in total. The standard InChI is InChI=1S/C18H21BrClNO.ClH/c1-3-13(2)21-11-15-10-16(19)8-9-18(15)22-12-14-6-4-5-7-17(14)20;/h4-10,13,21H,3,11-12H2,1-2H3;1H. The molecular formula is C18H22BrCl2NO. The van der Waals surface area contributed by atoms with Gasteiger partial charge < -0.3 is 10.1 Å². The second-order valence-electron chi connectivity index (χ2n) is 5.32. The predicted molar refractivity (Wildman–Crippen MR) is 104 cm³/mol. The molecule has 0 aliphatic rings. The Balaban J connectivity index is 0.00000264. The van der Waals surface area contributed by atoms with E-state index in [0.717, 1.165) is 39.3 Å². The fourth-order valence-corrected chi connectivity index (χ4v) is 2.63. The summed E-state index contributed by atoms with van der Waals surface area (Å²) in [6.45, 7) is 5.61. The van der Waals surface area contributed by atoms with Crippen molar-refractivity contribution in [3.05, 3.63) is 63.1 Å². The van der Waals surface area contributed by atoms with Gasteiger partial charge in [-0.05, 0) is 37.6 Å². The summed E-state index contributed by atoms with van der Waals surface area (Å²) < 4.78 is 7.03. The molecule has 0 heterocycles. The van der Waals surface area contributed by atoms with Gasteiger partial charge in [-0.15, -0.1) is 12.4 Å². The molecule has 0 aliphatic carbocycles. The monoisotopic (exact) mass is 417 g/mol. The Morgan fingerprint density at radius 3 is 2.61 bits per heavy atom. The first-order valence-corrected chi connectivity index (χ1v) is 8.65. The Labute approximate surface area is 158 Å². The minimum Gasteiger partial charge on any atom is -0.489 e. The molecule has 1 atom stereocenters. The van der Waals surface area contributed by atoms with Crippen LogP contribution in [0.4, 0.5) is 0 Å². The zero-order valence-corrected chi connectivity index (χ0v) is 16.5. The molecule has 0 fully saturated rings. The fourth-order valence-electron chi connectivity index (χ4n) is 2.03. The van der Waals surface area contributed by atoms with E-state index in [9.17, 15) is 0 Å². The van der Waals surface area contributed by atoms with E-state index < -0.39 is 0 Å². The number of nitrogens with one attached hydrogen (secondary N) is 1. The van der Waals surface area contributed by atoms with Crippen LogP contribution in [-0.4, -0.2) is 6.04 Å². The summed E-state index contributed by atoms with van der Waals surface area (Å²) in [5.74, 6) is 0.888. The van der Waals surface area contributed by atoms with Crippen molar-refractivity contribution in [3.8, 4) is 5.75 Å². The van der Waals surface area contributed by atoms with Crippen LogP contribution < -0.4 is 10.1 Å². The maximum atomic E-state index is 6.18. The van der Waals surface area contributed by atoms with E-state index in [1.54, 1.807) is 0 Å². The van der Waals surface area contributed by atoms with Gasteiger partial charge in [0.25, 0.3) is 0 Å². The second-order valence-corrected chi connectivity index (χ2v) is 6.65. The third-order valence-corrected chi connectivity index (χ3v) is 4.48. The van der Waals surface area contributed by atoms with Crippen molar-refractivity contribution >= 4 is 39.9 Å². The van der Waals surface area contributed by atoms with Crippen molar-refractivity contribution in [1.82, 2.24) is 5.32 Å². The van der Waals surface area contributed by atoms with Crippen molar-refractivity contribution in [2.24, 2.45) is 0 Å². The van der Waals surface area contributed by atoms with Crippen LogP contribution in [0.2, 0.25) is 5.02 Å². The van der Waals surface area contributed by atoms with Crippen LogP contribution in [0.1, 0.15) is 31.4 Å². The van der Waals surface area contributed by atoms with Gasteiger partial charge in [0.15, 0.2) is 0 Å². The van der Waals surface area contributed by atoms with Gasteiger partial charge in [-0.1, -0.05) is 52.7 Å². The molecule has 2 aromatic carbocycles. The van der Waals surface area contributed by atoms with Gasteiger partial charge in [-0.2, -0.15) is 0 Å². The number of hydrogen-bond donors (Lipinski definition) is 1. The highest BCUT2D eigenvalue weighted by Gasteiger charge is 2.08. The smallest absolute Gasteiger partial charge is 0.124 e. The maximum Gasteiger partial charge on any atom is 0.124 e. The third kappa shape index (κ3) is 6.34. The van der Waals surface area contributed by atoms with Gasteiger partial charge in [0.2, 0.25) is 0 Å². The molecule has 0 bridgehead atoms. The summed E-state index contributed by atoms with van der Waals surface area (Å²) in [5, 5.41) is 4.23. The highest BCUT2D eigenvalue weighted by molar-refractivity contribution is 9.10. The van der Waals surface area contributed by atoms with Gasteiger partial charge >= 0.3 is 0 Å². The van der Waals surface area contributed by atoms with Crippen LogP contribution in [0.3, 0.4) is 0 Å². The molecule has 1 N–H and O–H groups in total. The molecule has 2 rings (SSSR count). The molecule has 0 amide bonds. The minimum absolute atomic E-state index is 0. The Bertz CT molecular complexity index is 622. The zero-order chi connectivity index (χ0) is 15.9. The van der Waals surface area contributed by atoms with E-state index in [-0.39, 0.29) is 12.4 Å². The first kappa shape index (κ1) is 20.3. The first-order chi connectivity index (χ1) is 10.6. The van der Waals surface area contributed by atoms with Crippen LogP contribution in [0.15, 0.2) is 46.9 Å². The molecule has 2 aromatic rings. The van der Waals surface area contributed by atoms with Crippen LogP contribution in [0.25, 0.3) is 0 Å². The molecule has 0 radical (unpaired) electrons. The quantitative estimate of drug-likeness (QED) is 0.595. The van der Waals surface area contributed by atoms with Crippen molar-refractivity contribution in [2.75, 3.05) is 0 Å². The largest absolute Gasteiger partial charge is 0.489 e. The Kier molecular flexibility index (Phi) is 9.00. The number of rotatable bonds is 7. The van der Waals surface area contributed by atoms with Gasteiger partial charge in [-0.25, -0.2) is 0 Å². The molecular weight excluding hydrogens is 397 g/mol. The van der Waals surface area contributed by atoms with E-state index in [1.807, 2.05) is 36.4 Å². The predicted octanol–water partition coefficient (Wildman–Crippen LogP) is 5.99. The van der Waals surface area contributed by atoms with E-state index in [1.165, 1.54) is 0 Å². The number of ether oxygens (including phenoxy) is 1. The van der Waals surface area contributed by atoms with Crippen molar-refractivity contribution < 1.29 is 4.74 Å². The molecule has 23 heavy (non-hydrogen) atoms. The average Bonchev–Trinajstić information content (AvgIpc) is 2.53. The normalized spacial score (nSPS) is 11.7. The molecule has 0 aliphatic heterocycles. The number of benzene rings is 2. The van der Waals surface area contributed by atoms with E-state index >= 15 is 0 Å². The lowest BCUT2D eigenvalue weighted by atomic mass is 10.1. The summed E-state index contributed by atoms with van der Waals surface area (Å²) in [6.07, 6.45) is 1.10. The average molecular weight is 419 g/mol. The highest BCUT2D eigenvalue weighted by Crippen LogP contribution is 2.25. The second kappa shape index (κ2) is 10.2. The Morgan fingerprint density at radius 2 is 1.91 bits per heavy atom.